The third-order valence-corrected chi connectivity index (χ3v) is 6.48. The molecule has 2 aliphatic rings. The van der Waals surface area contributed by atoms with Gasteiger partial charge in [-0.1, -0.05) is 0 Å². The lowest BCUT2D eigenvalue weighted by Gasteiger charge is -2.42. The molecule has 0 aliphatic carbocycles. The van der Waals surface area contributed by atoms with Gasteiger partial charge in [-0.25, -0.2) is 4.98 Å². The minimum Gasteiger partial charge on any atom is -0.338 e. The predicted octanol–water partition coefficient (Wildman–Crippen LogP) is 1.94. The van der Waals surface area contributed by atoms with Crippen LogP contribution in [0.4, 0.5) is 0 Å². The van der Waals surface area contributed by atoms with Crippen LogP contribution in [0.3, 0.4) is 0 Å². The van der Waals surface area contributed by atoms with Crippen LogP contribution in [0.1, 0.15) is 35.1 Å². The van der Waals surface area contributed by atoms with Crippen LogP contribution in [0.5, 0.6) is 0 Å². The zero-order valence-corrected chi connectivity index (χ0v) is 15.3. The Morgan fingerprint density at radius 3 is 2.43 bits per heavy atom. The van der Waals surface area contributed by atoms with Gasteiger partial charge >= 0.3 is 0 Å². The van der Waals surface area contributed by atoms with Crippen LogP contribution in [0, 0.1) is 12.8 Å². The Kier molecular flexibility index (Phi) is 5.34. The molecule has 128 valence electrons. The van der Waals surface area contributed by atoms with Crippen molar-refractivity contribution in [3.05, 3.63) is 16.1 Å². The molecule has 2 fully saturated rings. The minimum atomic E-state index is 0.177. The molecule has 3 heterocycles. The zero-order chi connectivity index (χ0) is 16.4. The number of thiazole rings is 1. The van der Waals surface area contributed by atoms with Gasteiger partial charge in [-0.3, -0.25) is 9.69 Å². The lowest BCUT2D eigenvalue weighted by molar-refractivity contribution is 0.0502. The second-order valence-electron chi connectivity index (χ2n) is 6.98. The third kappa shape index (κ3) is 3.75. The fourth-order valence-corrected chi connectivity index (χ4v) is 4.53. The van der Waals surface area contributed by atoms with E-state index in [0.29, 0.717) is 12.0 Å². The smallest absolute Gasteiger partial charge is 0.265 e. The number of hydrogen-bond acceptors (Lipinski definition) is 5. The Hall–Kier alpha value is -0.980. The first-order valence-electron chi connectivity index (χ1n) is 8.68. The number of likely N-dealkylation sites (tertiary alicyclic amines) is 1. The number of rotatable bonds is 3. The summed E-state index contributed by atoms with van der Waals surface area (Å²) in [5.74, 6) is 0.890. The molecule has 2 saturated heterocycles. The molecular weight excluding hydrogens is 308 g/mol. The lowest BCUT2D eigenvalue weighted by Crippen LogP contribution is -2.52. The number of hydrogen-bond donors (Lipinski definition) is 0. The quantitative estimate of drug-likeness (QED) is 0.846. The van der Waals surface area contributed by atoms with Crippen molar-refractivity contribution < 1.29 is 4.79 Å². The Bertz CT molecular complexity index is 530. The van der Waals surface area contributed by atoms with Gasteiger partial charge in [0, 0.05) is 45.3 Å². The number of piperazine rings is 1. The Balaban J connectivity index is 1.52. The van der Waals surface area contributed by atoms with Crippen molar-refractivity contribution in [2.24, 2.45) is 5.92 Å². The topological polar surface area (TPSA) is 39.7 Å². The van der Waals surface area contributed by atoms with E-state index in [-0.39, 0.29) is 5.91 Å². The molecule has 2 aliphatic heterocycles. The Labute approximate surface area is 143 Å². The maximum Gasteiger partial charge on any atom is 0.265 e. The van der Waals surface area contributed by atoms with Crippen LogP contribution in [0.2, 0.25) is 0 Å². The summed E-state index contributed by atoms with van der Waals surface area (Å²) in [6, 6.07) is 0.631. The number of carbonyl (C=O) groups is 1. The van der Waals surface area contributed by atoms with E-state index >= 15 is 0 Å². The molecule has 23 heavy (non-hydrogen) atoms. The first-order chi connectivity index (χ1) is 11.1. The molecular formula is C17H28N4OS. The summed E-state index contributed by atoms with van der Waals surface area (Å²) in [7, 11) is 2.20. The third-order valence-electron chi connectivity index (χ3n) is 5.56. The molecule has 1 aromatic heterocycles. The van der Waals surface area contributed by atoms with Crippen molar-refractivity contribution in [2.45, 2.75) is 32.7 Å². The van der Waals surface area contributed by atoms with Crippen LogP contribution < -0.4 is 0 Å². The van der Waals surface area contributed by atoms with E-state index in [4.69, 9.17) is 0 Å². The number of amides is 1. The average Bonchev–Trinajstić information content (AvgIpc) is 3.00. The fourth-order valence-electron chi connectivity index (χ4n) is 3.76. The predicted molar refractivity (Wildman–Crippen MR) is 94.0 cm³/mol. The van der Waals surface area contributed by atoms with E-state index < -0.39 is 0 Å². The van der Waals surface area contributed by atoms with Crippen molar-refractivity contribution in [1.82, 2.24) is 19.7 Å². The number of aromatic nitrogens is 1. The van der Waals surface area contributed by atoms with Gasteiger partial charge in [0.1, 0.15) is 4.88 Å². The van der Waals surface area contributed by atoms with E-state index in [0.717, 1.165) is 36.5 Å². The molecule has 0 radical (unpaired) electrons. The maximum atomic E-state index is 12.6. The first kappa shape index (κ1) is 16.9. The van der Waals surface area contributed by atoms with E-state index in [9.17, 15) is 4.79 Å². The molecule has 0 spiro atoms. The molecule has 0 N–H and O–H groups in total. The minimum absolute atomic E-state index is 0.177. The summed E-state index contributed by atoms with van der Waals surface area (Å²) in [6.07, 6.45) is 2.24. The van der Waals surface area contributed by atoms with Crippen molar-refractivity contribution in [3.8, 4) is 0 Å². The van der Waals surface area contributed by atoms with Crippen molar-refractivity contribution in [2.75, 3.05) is 46.3 Å². The molecule has 1 atom stereocenters. The van der Waals surface area contributed by atoms with Crippen LogP contribution in [-0.2, 0) is 0 Å². The lowest BCUT2D eigenvalue weighted by atomic mass is 9.89. The monoisotopic (exact) mass is 336 g/mol. The summed E-state index contributed by atoms with van der Waals surface area (Å²) < 4.78 is 0. The molecule has 5 nitrogen and oxygen atoms in total. The maximum absolute atomic E-state index is 12.6. The van der Waals surface area contributed by atoms with Gasteiger partial charge in [-0.05, 0) is 39.7 Å². The highest BCUT2D eigenvalue weighted by atomic mass is 32.1. The average molecular weight is 337 g/mol. The first-order valence-corrected chi connectivity index (χ1v) is 9.56. The highest BCUT2D eigenvalue weighted by molar-refractivity contribution is 7.11. The van der Waals surface area contributed by atoms with Gasteiger partial charge in [0.2, 0.25) is 0 Å². The molecule has 1 amide bonds. The van der Waals surface area contributed by atoms with Crippen LogP contribution >= 0.6 is 11.3 Å². The highest BCUT2D eigenvalue weighted by Crippen LogP contribution is 2.26. The molecule has 0 unspecified atom stereocenters. The van der Waals surface area contributed by atoms with Crippen molar-refractivity contribution in [3.63, 3.8) is 0 Å². The van der Waals surface area contributed by atoms with E-state index in [1.807, 2.05) is 11.8 Å². The van der Waals surface area contributed by atoms with Gasteiger partial charge < -0.3 is 9.80 Å². The van der Waals surface area contributed by atoms with Crippen LogP contribution in [-0.4, -0.2) is 77.9 Å². The summed E-state index contributed by atoms with van der Waals surface area (Å²) >= 11 is 1.47. The standard InChI is InChI=1S/C17H28N4OS/c1-13-16(23-12-18-13)17(22)21-6-4-15(5-7-21)14(2)20-10-8-19(3)9-11-20/h12,14-15H,4-11H2,1-3H3/t14-/m1/s1. The summed E-state index contributed by atoms with van der Waals surface area (Å²) in [4.78, 5) is 24.7. The SMILES string of the molecule is Cc1ncsc1C(=O)N1CCC([C@@H](C)N2CCN(C)CC2)CC1. The summed E-state index contributed by atoms with van der Waals surface area (Å²) in [5, 5.41) is 0. The van der Waals surface area contributed by atoms with Crippen molar-refractivity contribution >= 4 is 17.2 Å². The zero-order valence-electron chi connectivity index (χ0n) is 14.5. The number of aryl methyl sites for hydroxylation is 1. The molecule has 6 heteroatoms. The number of carbonyl (C=O) groups excluding carboxylic acids is 1. The highest BCUT2D eigenvalue weighted by Gasteiger charge is 2.31. The van der Waals surface area contributed by atoms with Crippen LogP contribution in [0.25, 0.3) is 0 Å². The molecule has 3 rings (SSSR count). The molecule has 1 aromatic rings. The molecule has 0 saturated carbocycles. The second-order valence-corrected chi connectivity index (χ2v) is 7.83. The summed E-state index contributed by atoms with van der Waals surface area (Å²) in [5.41, 5.74) is 2.64. The second kappa shape index (κ2) is 7.28. The van der Waals surface area contributed by atoms with E-state index in [1.165, 1.54) is 37.5 Å². The van der Waals surface area contributed by atoms with Gasteiger partial charge in [0.15, 0.2) is 0 Å². The fraction of sp³-hybridized carbons (Fsp3) is 0.765. The van der Waals surface area contributed by atoms with Gasteiger partial charge in [0.05, 0.1) is 11.2 Å². The van der Waals surface area contributed by atoms with Gasteiger partial charge in [-0.2, -0.15) is 0 Å². The largest absolute Gasteiger partial charge is 0.338 e. The summed E-state index contributed by atoms with van der Waals surface area (Å²) in [6.45, 7) is 10.8. The van der Waals surface area contributed by atoms with E-state index in [1.54, 1.807) is 5.51 Å². The van der Waals surface area contributed by atoms with Crippen molar-refractivity contribution in [1.29, 1.82) is 0 Å². The Morgan fingerprint density at radius 2 is 1.87 bits per heavy atom. The normalized spacial score (nSPS) is 23.2. The molecule has 0 aromatic carbocycles. The van der Waals surface area contributed by atoms with Gasteiger partial charge in [-0.15, -0.1) is 11.3 Å². The Morgan fingerprint density at radius 1 is 1.22 bits per heavy atom. The number of likely N-dealkylation sites (N-methyl/N-ethyl adjacent to an activating group) is 1. The van der Waals surface area contributed by atoms with Crippen LogP contribution in [0.15, 0.2) is 5.51 Å². The van der Waals surface area contributed by atoms with Gasteiger partial charge in [0.25, 0.3) is 5.91 Å². The molecule has 0 bridgehead atoms. The van der Waals surface area contributed by atoms with E-state index in [2.05, 4.69) is 28.8 Å². The number of piperidine rings is 1. The number of nitrogens with zero attached hydrogens (tertiary/aromatic N) is 4.